The van der Waals surface area contributed by atoms with Crippen LogP contribution in [-0.4, -0.2) is 30.6 Å². The molecular formula is C8H8BF3N2O. The van der Waals surface area contributed by atoms with Crippen molar-refractivity contribution in [1.82, 2.24) is 9.97 Å². The number of ether oxygens (including phenoxy) is 1. The average molecular weight is 216 g/mol. The van der Waals surface area contributed by atoms with Gasteiger partial charge in [0, 0.05) is 18.8 Å². The normalized spacial score (nSPS) is 11.4. The molecular weight excluding hydrogens is 208 g/mol. The zero-order valence-corrected chi connectivity index (χ0v) is 7.79. The molecule has 0 spiro atoms. The Hall–Kier alpha value is -1.27. The van der Waals surface area contributed by atoms with Crippen molar-refractivity contribution in [1.29, 1.82) is 0 Å². The predicted octanol–water partition coefficient (Wildman–Crippen LogP) is 0.992. The zero-order chi connectivity index (χ0) is 11.3. The van der Waals surface area contributed by atoms with Crippen LogP contribution in [0, 0.1) is 0 Å². The van der Waals surface area contributed by atoms with Crippen molar-refractivity contribution < 1.29 is 17.9 Å². The van der Waals surface area contributed by atoms with Crippen LogP contribution in [0.1, 0.15) is 12.8 Å². The summed E-state index contributed by atoms with van der Waals surface area (Å²) in [7, 11) is 5.31. The van der Waals surface area contributed by atoms with E-state index in [1.807, 2.05) is 0 Å². The molecule has 0 atom stereocenters. The minimum Gasteiger partial charge on any atom is -0.463 e. The number of hydrogen-bond acceptors (Lipinski definition) is 3. The van der Waals surface area contributed by atoms with Gasteiger partial charge < -0.3 is 4.74 Å². The van der Waals surface area contributed by atoms with Crippen molar-refractivity contribution in [2.45, 2.75) is 19.0 Å². The molecule has 0 aliphatic carbocycles. The van der Waals surface area contributed by atoms with Gasteiger partial charge in [0.25, 0.3) is 0 Å². The van der Waals surface area contributed by atoms with Gasteiger partial charge in [0.2, 0.25) is 0 Å². The fourth-order valence-corrected chi connectivity index (χ4v) is 0.837. The van der Waals surface area contributed by atoms with Crippen molar-refractivity contribution in [2.24, 2.45) is 0 Å². The Morgan fingerprint density at radius 3 is 2.40 bits per heavy atom. The van der Waals surface area contributed by atoms with Crippen molar-refractivity contribution in [3.05, 3.63) is 12.4 Å². The van der Waals surface area contributed by atoms with Gasteiger partial charge in [-0.3, -0.25) is 0 Å². The topological polar surface area (TPSA) is 35.0 Å². The standard InChI is InChI=1S/C8H8BF3N2O/c9-6-4-13-7(14-5-6)15-3-1-2-8(10,11)12/h4-5H,1-3H2. The van der Waals surface area contributed by atoms with Gasteiger partial charge in [-0.15, -0.1) is 0 Å². The van der Waals surface area contributed by atoms with Crippen LogP contribution in [0.15, 0.2) is 12.4 Å². The molecule has 0 unspecified atom stereocenters. The lowest BCUT2D eigenvalue weighted by Crippen LogP contribution is -2.11. The van der Waals surface area contributed by atoms with E-state index in [9.17, 15) is 13.2 Å². The summed E-state index contributed by atoms with van der Waals surface area (Å²) < 4.78 is 40.1. The second-order valence-corrected chi connectivity index (χ2v) is 2.87. The Morgan fingerprint density at radius 2 is 1.87 bits per heavy atom. The number of halogens is 3. The molecule has 1 aromatic rings. The summed E-state index contributed by atoms with van der Waals surface area (Å²) in [5, 5.41) is 0. The summed E-state index contributed by atoms with van der Waals surface area (Å²) in [6.45, 7) is -0.0660. The maximum Gasteiger partial charge on any atom is 0.389 e. The van der Waals surface area contributed by atoms with Gasteiger partial charge in [0.05, 0.1) is 6.61 Å². The molecule has 0 aliphatic rings. The van der Waals surface area contributed by atoms with Gasteiger partial charge in [0.1, 0.15) is 7.85 Å². The Bertz CT molecular complexity index is 302. The molecule has 3 nitrogen and oxygen atoms in total. The molecule has 7 heteroatoms. The molecule has 80 valence electrons. The van der Waals surface area contributed by atoms with Gasteiger partial charge in [-0.1, -0.05) is 5.46 Å². The van der Waals surface area contributed by atoms with Crippen LogP contribution in [0.5, 0.6) is 6.01 Å². The monoisotopic (exact) mass is 216 g/mol. The smallest absolute Gasteiger partial charge is 0.389 e. The molecule has 0 amide bonds. The third-order valence-corrected chi connectivity index (χ3v) is 1.48. The van der Waals surface area contributed by atoms with Crippen LogP contribution in [0.3, 0.4) is 0 Å². The Balaban J connectivity index is 2.23. The summed E-state index contributed by atoms with van der Waals surface area (Å²) in [6, 6.07) is 0.0337. The van der Waals surface area contributed by atoms with Gasteiger partial charge in [-0.25, -0.2) is 9.97 Å². The number of hydrogen-bond donors (Lipinski definition) is 0. The molecule has 0 aliphatic heterocycles. The van der Waals surface area contributed by atoms with E-state index in [4.69, 9.17) is 12.6 Å². The van der Waals surface area contributed by atoms with Crippen LogP contribution in [0.25, 0.3) is 0 Å². The first-order chi connectivity index (χ1) is 6.97. The molecule has 0 fully saturated rings. The minimum absolute atomic E-state index is 0.0337. The van der Waals surface area contributed by atoms with Crippen LogP contribution in [0.2, 0.25) is 0 Å². The van der Waals surface area contributed by atoms with Crippen molar-refractivity contribution in [3.8, 4) is 6.01 Å². The number of nitrogens with zero attached hydrogens (tertiary/aromatic N) is 2. The van der Waals surface area contributed by atoms with Crippen molar-refractivity contribution in [3.63, 3.8) is 0 Å². The van der Waals surface area contributed by atoms with Crippen molar-refractivity contribution in [2.75, 3.05) is 6.61 Å². The molecule has 1 rings (SSSR count). The minimum atomic E-state index is -4.15. The van der Waals surface area contributed by atoms with Gasteiger partial charge in [-0.05, 0) is 6.42 Å². The lowest BCUT2D eigenvalue weighted by atomic mass is 10.0. The third-order valence-electron chi connectivity index (χ3n) is 1.48. The Labute approximate surface area is 86.1 Å². The lowest BCUT2D eigenvalue weighted by Gasteiger charge is -2.06. The molecule has 0 bridgehead atoms. The van der Waals surface area contributed by atoms with Crippen LogP contribution in [0.4, 0.5) is 13.2 Å². The van der Waals surface area contributed by atoms with E-state index < -0.39 is 12.6 Å². The van der Waals surface area contributed by atoms with E-state index in [0.717, 1.165) is 0 Å². The molecule has 0 saturated carbocycles. The number of alkyl halides is 3. The van der Waals surface area contributed by atoms with Crippen molar-refractivity contribution >= 4 is 13.3 Å². The van der Waals surface area contributed by atoms with Crippen LogP contribution >= 0.6 is 0 Å². The maximum absolute atomic E-state index is 11.7. The van der Waals surface area contributed by atoms with E-state index in [2.05, 4.69) is 9.97 Å². The molecule has 0 saturated heterocycles. The largest absolute Gasteiger partial charge is 0.463 e. The predicted molar refractivity (Wildman–Crippen MR) is 48.2 cm³/mol. The highest BCUT2D eigenvalue weighted by atomic mass is 19.4. The van der Waals surface area contributed by atoms with Crippen LogP contribution in [-0.2, 0) is 0 Å². The first-order valence-corrected chi connectivity index (χ1v) is 4.24. The molecule has 2 radical (unpaired) electrons. The SMILES string of the molecule is [B]c1cnc(OCCCC(F)(F)F)nc1. The fraction of sp³-hybridized carbons (Fsp3) is 0.500. The molecule has 1 aromatic heterocycles. The quantitative estimate of drug-likeness (QED) is 0.556. The third kappa shape index (κ3) is 5.24. The van der Waals surface area contributed by atoms with Gasteiger partial charge in [0.15, 0.2) is 0 Å². The van der Waals surface area contributed by atoms with E-state index in [1.165, 1.54) is 12.4 Å². The molecule has 0 aromatic carbocycles. The number of aromatic nitrogens is 2. The second kappa shape index (κ2) is 5.00. The summed E-state index contributed by atoms with van der Waals surface area (Å²) in [4.78, 5) is 7.35. The zero-order valence-electron chi connectivity index (χ0n) is 7.79. The molecule has 15 heavy (non-hydrogen) atoms. The summed E-state index contributed by atoms with van der Waals surface area (Å²) in [5.74, 6) is 0. The highest BCUT2D eigenvalue weighted by Crippen LogP contribution is 2.21. The Kier molecular flexibility index (Phi) is 3.93. The second-order valence-electron chi connectivity index (χ2n) is 2.87. The summed E-state index contributed by atoms with van der Waals surface area (Å²) in [6.07, 6.45) is -2.48. The summed E-state index contributed by atoms with van der Waals surface area (Å²) >= 11 is 0. The highest BCUT2D eigenvalue weighted by molar-refractivity contribution is 6.31. The van der Waals surface area contributed by atoms with E-state index in [-0.39, 0.29) is 19.0 Å². The average Bonchev–Trinajstić information content (AvgIpc) is 2.14. The first-order valence-electron chi connectivity index (χ1n) is 4.24. The summed E-state index contributed by atoms with van der Waals surface area (Å²) in [5.41, 5.74) is 0.373. The number of rotatable bonds is 4. The maximum atomic E-state index is 11.7. The molecule has 0 N–H and O–H groups in total. The molecule has 1 heterocycles. The first kappa shape index (κ1) is 11.8. The fourth-order valence-electron chi connectivity index (χ4n) is 0.837. The Morgan fingerprint density at radius 1 is 1.27 bits per heavy atom. The van der Waals surface area contributed by atoms with Crippen LogP contribution < -0.4 is 10.2 Å². The van der Waals surface area contributed by atoms with Gasteiger partial charge in [-0.2, -0.15) is 13.2 Å². The van der Waals surface area contributed by atoms with E-state index in [1.54, 1.807) is 0 Å². The van der Waals surface area contributed by atoms with E-state index >= 15 is 0 Å². The lowest BCUT2D eigenvalue weighted by molar-refractivity contribution is -0.136. The van der Waals surface area contributed by atoms with E-state index in [0.29, 0.717) is 5.46 Å². The highest BCUT2D eigenvalue weighted by Gasteiger charge is 2.26. The van der Waals surface area contributed by atoms with Gasteiger partial charge >= 0.3 is 12.2 Å².